The number of aromatic nitrogens is 3. The summed E-state index contributed by atoms with van der Waals surface area (Å²) in [5.74, 6) is 0.326. The number of hydrogen-bond acceptors (Lipinski definition) is 6. The Hall–Kier alpha value is -2.55. The summed E-state index contributed by atoms with van der Waals surface area (Å²) >= 11 is 0. The Morgan fingerprint density at radius 3 is 2.53 bits per heavy atom. The molecule has 1 N–H and O–H groups in total. The maximum atomic E-state index is 13.1. The molecule has 0 bridgehead atoms. The van der Waals surface area contributed by atoms with E-state index in [0.29, 0.717) is 36.7 Å². The van der Waals surface area contributed by atoms with Gasteiger partial charge in [0.15, 0.2) is 15.7 Å². The molecule has 0 spiro atoms. The fourth-order valence-electron chi connectivity index (χ4n) is 4.28. The molecule has 2 aromatic heterocycles. The van der Waals surface area contributed by atoms with Crippen LogP contribution in [0, 0.1) is 12.8 Å². The van der Waals surface area contributed by atoms with Crippen molar-refractivity contribution in [2.45, 2.75) is 68.1 Å². The fraction of sp³-hybridized carbons (Fsp3) is 0.524. The highest BCUT2D eigenvalue weighted by atomic mass is 32.2. The first-order valence-corrected chi connectivity index (χ1v) is 11.9. The summed E-state index contributed by atoms with van der Waals surface area (Å²) in [6.45, 7) is 1.69. The van der Waals surface area contributed by atoms with Crippen LogP contribution in [-0.4, -0.2) is 34.1 Å². The molecule has 8 nitrogen and oxygen atoms in total. The van der Waals surface area contributed by atoms with Crippen LogP contribution in [0.1, 0.15) is 56.7 Å². The molecule has 1 amide bonds. The standard InChI is InChI=1S/C21H26N4O4S/c1-14-10-17(30(28,29)16-6-7-16)12-20(26)25(14)18(11-15-4-2-3-5-15)21(27)24-19-13-22-8-9-23-19/h8-10,12-13,15-16,18H,2-7,11H2,1H3,(H,23,24,27)/t18-/m1/s1. The number of nitrogens with zero attached hydrogens (tertiary/aromatic N) is 3. The summed E-state index contributed by atoms with van der Waals surface area (Å²) in [5, 5.41) is 2.36. The Bertz CT molecular complexity index is 1090. The van der Waals surface area contributed by atoms with Crippen LogP contribution in [0.2, 0.25) is 0 Å². The third-order valence-electron chi connectivity index (χ3n) is 5.99. The van der Waals surface area contributed by atoms with Crippen LogP contribution < -0.4 is 10.9 Å². The quantitative estimate of drug-likeness (QED) is 0.723. The van der Waals surface area contributed by atoms with E-state index < -0.39 is 21.4 Å². The van der Waals surface area contributed by atoms with Gasteiger partial charge in [-0.25, -0.2) is 13.4 Å². The molecule has 4 rings (SSSR count). The van der Waals surface area contributed by atoms with Gasteiger partial charge in [-0.2, -0.15) is 0 Å². The zero-order valence-corrected chi connectivity index (χ0v) is 17.8. The maximum absolute atomic E-state index is 13.1. The zero-order chi connectivity index (χ0) is 21.3. The number of sulfone groups is 1. The van der Waals surface area contributed by atoms with Crippen LogP contribution in [0.5, 0.6) is 0 Å². The van der Waals surface area contributed by atoms with Gasteiger partial charge >= 0.3 is 0 Å². The lowest BCUT2D eigenvalue weighted by Crippen LogP contribution is -2.36. The lowest BCUT2D eigenvalue weighted by molar-refractivity contribution is -0.119. The Morgan fingerprint density at radius 2 is 1.93 bits per heavy atom. The molecule has 0 aromatic carbocycles. The Kier molecular flexibility index (Phi) is 5.73. The van der Waals surface area contributed by atoms with Gasteiger partial charge < -0.3 is 9.88 Å². The molecule has 30 heavy (non-hydrogen) atoms. The van der Waals surface area contributed by atoms with Crippen LogP contribution in [0.15, 0.2) is 40.4 Å². The molecule has 2 aromatic rings. The van der Waals surface area contributed by atoms with Crippen LogP contribution in [0.25, 0.3) is 0 Å². The van der Waals surface area contributed by atoms with Crippen molar-refractivity contribution in [1.82, 2.24) is 14.5 Å². The van der Waals surface area contributed by atoms with Crippen molar-refractivity contribution in [3.8, 4) is 0 Å². The van der Waals surface area contributed by atoms with Gasteiger partial charge in [-0.05, 0) is 38.2 Å². The van der Waals surface area contributed by atoms with Crippen molar-refractivity contribution in [2.24, 2.45) is 5.92 Å². The summed E-state index contributed by atoms with van der Waals surface area (Å²) in [6.07, 6.45) is 10.5. The number of carbonyl (C=O) groups excluding carboxylic acids is 1. The van der Waals surface area contributed by atoms with Crippen LogP contribution >= 0.6 is 0 Å². The van der Waals surface area contributed by atoms with E-state index in [1.807, 2.05) is 0 Å². The Labute approximate surface area is 175 Å². The Morgan fingerprint density at radius 1 is 1.20 bits per heavy atom. The van der Waals surface area contributed by atoms with Gasteiger partial charge in [0.1, 0.15) is 6.04 Å². The molecule has 160 valence electrons. The predicted octanol–water partition coefficient (Wildman–Crippen LogP) is 2.64. The smallest absolute Gasteiger partial charge is 0.252 e. The first-order chi connectivity index (χ1) is 14.4. The number of rotatable bonds is 7. The minimum Gasteiger partial charge on any atom is -0.308 e. The highest BCUT2D eigenvalue weighted by molar-refractivity contribution is 7.92. The minimum atomic E-state index is -3.48. The van der Waals surface area contributed by atoms with Crippen molar-refractivity contribution in [1.29, 1.82) is 0 Å². The molecular formula is C21H26N4O4S. The summed E-state index contributed by atoms with van der Waals surface area (Å²) in [7, 11) is -3.48. The summed E-state index contributed by atoms with van der Waals surface area (Å²) < 4.78 is 26.6. The summed E-state index contributed by atoms with van der Waals surface area (Å²) in [5.41, 5.74) is 0.00513. The van der Waals surface area contributed by atoms with Crippen molar-refractivity contribution in [3.63, 3.8) is 0 Å². The molecule has 0 saturated heterocycles. The third-order valence-corrected chi connectivity index (χ3v) is 8.23. The second-order valence-electron chi connectivity index (χ2n) is 8.27. The molecule has 0 aliphatic heterocycles. The van der Waals surface area contributed by atoms with Gasteiger partial charge in [0.25, 0.3) is 5.56 Å². The van der Waals surface area contributed by atoms with Crippen LogP contribution in [0.4, 0.5) is 5.82 Å². The number of hydrogen-bond donors (Lipinski definition) is 1. The molecule has 9 heteroatoms. The van der Waals surface area contributed by atoms with Crippen molar-refractivity contribution >= 4 is 21.6 Å². The van der Waals surface area contributed by atoms with E-state index in [4.69, 9.17) is 0 Å². The van der Waals surface area contributed by atoms with Gasteiger partial charge in [-0.15, -0.1) is 0 Å². The highest BCUT2D eigenvalue weighted by Crippen LogP contribution is 2.35. The molecular weight excluding hydrogens is 404 g/mol. The van der Waals surface area contributed by atoms with E-state index >= 15 is 0 Å². The van der Waals surface area contributed by atoms with Gasteiger partial charge in [-0.1, -0.05) is 25.7 Å². The molecule has 1 atom stereocenters. The number of amides is 1. The normalized spacial score (nSPS) is 18.3. The minimum absolute atomic E-state index is 0.0534. The van der Waals surface area contributed by atoms with Gasteiger partial charge in [0, 0.05) is 24.2 Å². The van der Waals surface area contributed by atoms with Crippen LogP contribution in [0.3, 0.4) is 0 Å². The van der Waals surface area contributed by atoms with Crippen molar-refractivity contribution < 1.29 is 13.2 Å². The van der Waals surface area contributed by atoms with Gasteiger partial charge in [0.05, 0.1) is 16.3 Å². The molecule has 2 fully saturated rings. The van der Waals surface area contributed by atoms with E-state index in [2.05, 4.69) is 15.3 Å². The average Bonchev–Trinajstić information content (AvgIpc) is 3.45. The lowest BCUT2D eigenvalue weighted by atomic mass is 9.97. The van der Waals surface area contributed by atoms with Crippen LogP contribution in [-0.2, 0) is 14.6 Å². The number of carbonyl (C=O) groups is 1. The van der Waals surface area contributed by atoms with E-state index in [0.717, 1.165) is 31.7 Å². The van der Waals surface area contributed by atoms with Gasteiger partial charge in [0.2, 0.25) is 5.91 Å². The van der Waals surface area contributed by atoms with E-state index in [1.165, 1.54) is 29.2 Å². The summed E-state index contributed by atoms with van der Waals surface area (Å²) in [4.78, 5) is 34.3. The molecule has 2 aliphatic rings. The SMILES string of the molecule is Cc1cc(S(=O)(=O)C2CC2)cc(=O)n1[C@H](CC1CCCC1)C(=O)Nc1cnccn1. The number of aryl methyl sites for hydroxylation is 1. The largest absolute Gasteiger partial charge is 0.308 e. The second kappa shape index (κ2) is 8.29. The summed E-state index contributed by atoms with van der Waals surface area (Å²) in [6, 6.07) is 1.95. The van der Waals surface area contributed by atoms with E-state index in [9.17, 15) is 18.0 Å². The van der Waals surface area contributed by atoms with Crippen molar-refractivity contribution in [3.05, 3.63) is 46.8 Å². The maximum Gasteiger partial charge on any atom is 0.252 e. The number of anilines is 1. The zero-order valence-electron chi connectivity index (χ0n) is 17.0. The average molecular weight is 431 g/mol. The second-order valence-corrected chi connectivity index (χ2v) is 10.5. The first-order valence-electron chi connectivity index (χ1n) is 10.4. The first kappa shape index (κ1) is 20.7. The molecule has 2 aliphatic carbocycles. The highest BCUT2D eigenvalue weighted by Gasteiger charge is 2.38. The lowest BCUT2D eigenvalue weighted by Gasteiger charge is -2.24. The molecule has 2 heterocycles. The molecule has 0 unspecified atom stereocenters. The number of nitrogens with one attached hydrogen (secondary N) is 1. The third kappa shape index (κ3) is 4.30. The molecule has 2 saturated carbocycles. The molecule has 0 radical (unpaired) electrons. The monoisotopic (exact) mass is 430 g/mol. The number of pyridine rings is 1. The predicted molar refractivity (Wildman–Crippen MR) is 112 cm³/mol. The van der Waals surface area contributed by atoms with E-state index in [1.54, 1.807) is 6.92 Å². The topological polar surface area (TPSA) is 111 Å². The van der Waals surface area contributed by atoms with Gasteiger partial charge in [-0.3, -0.25) is 14.6 Å². The Balaban J connectivity index is 1.69. The van der Waals surface area contributed by atoms with Crippen molar-refractivity contribution in [2.75, 3.05) is 5.32 Å². The van der Waals surface area contributed by atoms with E-state index in [-0.39, 0.29) is 16.1 Å². The fourth-order valence-corrected chi connectivity index (χ4v) is 6.02.